The van der Waals surface area contributed by atoms with Crippen molar-refractivity contribution >= 4 is 11.8 Å². The van der Waals surface area contributed by atoms with Crippen LogP contribution in [0.1, 0.15) is 37.0 Å². The van der Waals surface area contributed by atoms with Crippen LogP contribution in [0.2, 0.25) is 0 Å². The van der Waals surface area contributed by atoms with Crippen LogP contribution < -0.4 is 16.5 Å². The fraction of sp³-hybridized carbons (Fsp3) is 0.409. The Bertz CT molecular complexity index is 981. The van der Waals surface area contributed by atoms with Crippen molar-refractivity contribution in [1.82, 2.24) is 15.2 Å². The highest BCUT2D eigenvalue weighted by molar-refractivity contribution is 5.95. The molecule has 1 unspecified atom stereocenters. The zero-order valence-electron chi connectivity index (χ0n) is 16.8. The van der Waals surface area contributed by atoms with Crippen molar-refractivity contribution in [2.75, 3.05) is 13.1 Å². The first-order chi connectivity index (χ1) is 13.8. The van der Waals surface area contributed by atoms with E-state index in [-0.39, 0.29) is 23.1 Å². The van der Waals surface area contributed by atoms with E-state index in [9.17, 15) is 9.59 Å². The lowest BCUT2D eigenvalue weighted by Crippen LogP contribution is -2.55. The first-order valence-electron chi connectivity index (χ1n) is 10.00. The molecule has 0 bridgehead atoms. The van der Waals surface area contributed by atoms with Crippen LogP contribution in [-0.2, 0) is 4.79 Å². The van der Waals surface area contributed by atoms with Gasteiger partial charge in [0.15, 0.2) is 6.29 Å². The number of hydrogen-bond acceptors (Lipinski definition) is 4. The van der Waals surface area contributed by atoms with Crippen LogP contribution in [-0.4, -0.2) is 41.1 Å². The van der Waals surface area contributed by atoms with Gasteiger partial charge in [-0.3, -0.25) is 15.3 Å². The maximum Gasteiger partial charge on any atom is 0.253 e. The summed E-state index contributed by atoms with van der Waals surface area (Å²) in [6, 6.07) is 13.1. The van der Waals surface area contributed by atoms with Crippen molar-refractivity contribution in [2.24, 2.45) is 22.1 Å². The van der Waals surface area contributed by atoms with Crippen LogP contribution in [0.25, 0.3) is 11.3 Å². The predicted molar refractivity (Wildman–Crippen MR) is 110 cm³/mol. The highest BCUT2D eigenvalue weighted by atomic mass is 16.2. The molecule has 1 aliphatic heterocycles. The summed E-state index contributed by atoms with van der Waals surface area (Å²) in [6.07, 6.45) is 1.07. The van der Waals surface area contributed by atoms with Gasteiger partial charge in [-0.2, -0.15) is 0 Å². The Labute approximate surface area is 170 Å². The van der Waals surface area contributed by atoms with Crippen LogP contribution in [0, 0.1) is 11.3 Å². The van der Waals surface area contributed by atoms with E-state index >= 15 is 0 Å². The number of nitrogens with zero attached hydrogens (tertiary/aromatic N) is 2. The third kappa shape index (κ3) is 4.56. The van der Waals surface area contributed by atoms with E-state index in [0.29, 0.717) is 11.1 Å². The molecule has 1 atom stereocenters. The molecule has 2 fully saturated rings. The Morgan fingerprint density at radius 2 is 1.86 bits per heavy atom. The van der Waals surface area contributed by atoms with Crippen molar-refractivity contribution in [1.29, 1.82) is 0 Å². The number of pyridine rings is 1. The van der Waals surface area contributed by atoms with Gasteiger partial charge in [-0.25, -0.2) is 4.99 Å². The first-order valence-corrected chi connectivity index (χ1v) is 10.00. The van der Waals surface area contributed by atoms with Gasteiger partial charge in [0, 0.05) is 30.3 Å². The third-order valence-corrected chi connectivity index (χ3v) is 5.26. The predicted octanol–water partition coefficient (Wildman–Crippen LogP) is 1.83. The average Bonchev–Trinajstić information content (AvgIpc) is 3.51. The molecule has 0 spiro atoms. The van der Waals surface area contributed by atoms with Gasteiger partial charge >= 0.3 is 0 Å². The normalized spacial score (nSPS) is 19.4. The lowest BCUT2D eigenvalue weighted by Gasteiger charge is -2.45. The summed E-state index contributed by atoms with van der Waals surface area (Å²) < 4.78 is 0. The number of nitrogens with one attached hydrogen (secondary N) is 2. The molecule has 1 aromatic heterocycles. The summed E-state index contributed by atoms with van der Waals surface area (Å²) in [6.45, 7) is 5.92. The van der Waals surface area contributed by atoms with Crippen LogP contribution in [0.5, 0.6) is 0 Å². The topological polar surface area (TPSA) is 104 Å². The van der Waals surface area contributed by atoms with Crippen molar-refractivity contribution in [3.63, 3.8) is 0 Å². The summed E-state index contributed by atoms with van der Waals surface area (Å²) >= 11 is 0. The highest BCUT2D eigenvalue weighted by Crippen LogP contribution is 2.30. The number of likely N-dealkylation sites (tertiary alicyclic amines) is 1. The Morgan fingerprint density at radius 3 is 2.48 bits per heavy atom. The minimum atomic E-state index is -0.782. The van der Waals surface area contributed by atoms with E-state index in [0.717, 1.165) is 37.2 Å². The summed E-state index contributed by atoms with van der Waals surface area (Å²) in [5, 5.41) is 2.71. The van der Waals surface area contributed by atoms with Crippen molar-refractivity contribution in [3.05, 3.63) is 53.5 Å². The molecule has 7 heteroatoms. The minimum absolute atomic E-state index is 0.0387. The van der Waals surface area contributed by atoms with Gasteiger partial charge < -0.3 is 15.2 Å². The van der Waals surface area contributed by atoms with Crippen LogP contribution in [0.15, 0.2) is 47.5 Å². The standard InChI is InChI=1S/C22H27N5O2/c1-22(2)12-27(13-22)20(29)16-10-6-14(7-11-16)17-4-3-5-18(24-17)25-21(23)26-19(28)15-8-9-15/h3-7,10-11,15,21H,8-9,12-13,23H2,1-2H3,(H,24,25)(H,26,28). The molecule has 2 heterocycles. The average molecular weight is 393 g/mol. The van der Waals surface area contributed by atoms with Crippen molar-refractivity contribution in [3.8, 4) is 11.3 Å². The molecule has 7 nitrogen and oxygen atoms in total. The Balaban J connectivity index is 1.46. The van der Waals surface area contributed by atoms with E-state index in [2.05, 4.69) is 29.1 Å². The van der Waals surface area contributed by atoms with Gasteiger partial charge in [-0.1, -0.05) is 32.0 Å². The van der Waals surface area contributed by atoms with Crippen molar-refractivity contribution < 1.29 is 9.59 Å². The minimum Gasteiger partial charge on any atom is -0.340 e. The maximum absolute atomic E-state index is 12.5. The monoisotopic (exact) mass is 393 g/mol. The number of nitrogens with two attached hydrogens (primary N) is 1. The van der Waals surface area contributed by atoms with Gasteiger partial charge in [0.2, 0.25) is 5.91 Å². The van der Waals surface area contributed by atoms with Crippen molar-refractivity contribution in [2.45, 2.75) is 33.0 Å². The number of aromatic nitrogens is 1. The van der Waals surface area contributed by atoms with E-state index in [1.807, 2.05) is 41.3 Å². The van der Waals surface area contributed by atoms with E-state index in [1.165, 1.54) is 0 Å². The first kappa shape index (κ1) is 19.4. The van der Waals surface area contributed by atoms with Gasteiger partial charge in [-0.15, -0.1) is 0 Å². The lowest BCUT2D eigenvalue weighted by atomic mass is 9.84. The quantitative estimate of drug-likeness (QED) is 0.675. The molecule has 4 N–H and O–H groups in total. The molecule has 1 aromatic carbocycles. The zero-order valence-corrected chi connectivity index (χ0v) is 16.8. The van der Waals surface area contributed by atoms with Gasteiger partial charge in [0.1, 0.15) is 5.49 Å². The summed E-state index contributed by atoms with van der Waals surface area (Å²) in [4.78, 5) is 33.8. The number of aromatic amines is 1. The second-order valence-electron chi connectivity index (χ2n) is 8.71. The number of carbonyl (C=O) groups is 2. The molecule has 1 saturated heterocycles. The number of H-pyrrole nitrogens is 1. The number of amides is 2. The fourth-order valence-corrected chi connectivity index (χ4v) is 3.60. The smallest absolute Gasteiger partial charge is 0.253 e. The number of carbonyl (C=O) groups excluding carboxylic acids is 2. The molecule has 1 saturated carbocycles. The molecule has 2 amide bonds. The molecule has 152 valence electrons. The second-order valence-corrected chi connectivity index (χ2v) is 8.71. The Kier molecular flexibility index (Phi) is 5.00. The zero-order chi connectivity index (χ0) is 20.6. The molecule has 2 aliphatic rings. The molecule has 29 heavy (non-hydrogen) atoms. The maximum atomic E-state index is 12.5. The largest absolute Gasteiger partial charge is 0.340 e. The summed E-state index contributed by atoms with van der Waals surface area (Å²) in [5.41, 5.74) is 9.20. The van der Waals surface area contributed by atoms with Crippen LogP contribution in [0.4, 0.5) is 0 Å². The highest BCUT2D eigenvalue weighted by Gasteiger charge is 2.37. The van der Waals surface area contributed by atoms with Gasteiger partial charge in [0.05, 0.1) is 0 Å². The van der Waals surface area contributed by atoms with E-state index in [4.69, 9.17) is 5.73 Å². The van der Waals surface area contributed by atoms with E-state index < -0.39 is 6.29 Å². The summed E-state index contributed by atoms with van der Waals surface area (Å²) in [5.74, 6) is 0.124. The number of benzene rings is 1. The Hall–Kier alpha value is -2.93. The lowest BCUT2D eigenvalue weighted by molar-refractivity contribution is -0.122. The van der Waals surface area contributed by atoms with Crippen LogP contribution >= 0.6 is 0 Å². The molecule has 1 aliphatic carbocycles. The van der Waals surface area contributed by atoms with Gasteiger partial charge in [-0.05, 0) is 48.1 Å². The third-order valence-electron chi connectivity index (χ3n) is 5.26. The van der Waals surface area contributed by atoms with E-state index in [1.54, 1.807) is 6.07 Å². The van der Waals surface area contributed by atoms with Gasteiger partial charge in [0.25, 0.3) is 5.91 Å². The second kappa shape index (κ2) is 7.48. The Morgan fingerprint density at radius 1 is 1.17 bits per heavy atom. The number of rotatable bonds is 5. The van der Waals surface area contributed by atoms with Crippen LogP contribution in [0.3, 0.4) is 0 Å². The molecular formula is C22H27N5O2. The fourth-order valence-electron chi connectivity index (χ4n) is 3.60. The molecule has 0 radical (unpaired) electrons. The number of hydrogen-bond donors (Lipinski definition) is 3. The molecule has 2 aromatic rings. The summed E-state index contributed by atoms with van der Waals surface area (Å²) in [7, 11) is 0. The molecule has 4 rings (SSSR count). The SMILES string of the molecule is CC1(C)CN(C(=O)c2ccc(-c3ccc/c(=N/C(N)NC(=O)C4CC4)[nH]3)cc2)C1. The molecular weight excluding hydrogens is 366 g/mol.